The van der Waals surface area contributed by atoms with Crippen LogP contribution in [0.1, 0.15) is 25.0 Å². The lowest BCUT2D eigenvalue weighted by atomic mass is 10.0. The molecular weight excluding hydrogens is 196 g/mol. The summed E-state index contributed by atoms with van der Waals surface area (Å²) in [4.78, 5) is 17.4. The zero-order valence-electron chi connectivity index (χ0n) is 8.27. The van der Waals surface area contributed by atoms with Crippen LogP contribution in [-0.4, -0.2) is 23.9 Å². The number of aromatic nitrogens is 1. The van der Waals surface area contributed by atoms with E-state index in [1.165, 1.54) is 6.42 Å². The molecule has 0 bridgehead atoms. The van der Waals surface area contributed by atoms with Crippen LogP contribution in [0.3, 0.4) is 0 Å². The van der Waals surface area contributed by atoms with E-state index in [0.717, 1.165) is 36.5 Å². The summed E-state index contributed by atoms with van der Waals surface area (Å²) in [6.07, 6.45) is 4.35. The molecule has 3 nitrogen and oxygen atoms in total. The molecule has 0 spiro atoms. The second-order valence-corrected chi connectivity index (χ2v) is 4.50. The van der Waals surface area contributed by atoms with Crippen molar-refractivity contribution in [2.24, 2.45) is 0 Å². The molecule has 1 saturated heterocycles. The first-order valence-corrected chi connectivity index (χ1v) is 5.83. The van der Waals surface area contributed by atoms with E-state index in [-0.39, 0.29) is 6.04 Å². The third-order valence-electron chi connectivity index (χ3n) is 2.56. The second kappa shape index (κ2) is 4.09. The third-order valence-corrected chi connectivity index (χ3v) is 3.55. The summed E-state index contributed by atoms with van der Waals surface area (Å²) in [5.41, 5.74) is 1.04. The Bertz CT molecular complexity index is 324. The summed E-state index contributed by atoms with van der Waals surface area (Å²) in [5, 5.41) is 3.03. The average molecular weight is 210 g/mol. The Hall–Kier alpha value is -0.900. The summed E-state index contributed by atoms with van der Waals surface area (Å²) in [7, 11) is 0. The highest BCUT2D eigenvalue weighted by Crippen LogP contribution is 2.26. The first-order valence-electron chi connectivity index (χ1n) is 4.95. The lowest BCUT2D eigenvalue weighted by Gasteiger charge is -2.31. The van der Waals surface area contributed by atoms with Crippen LogP contribution in [0.25, 0.3) is 0 Å². The standard InChI is InChI=1S/C10H14N2OS/c1-8-7-14-10(11-8)12-5-3-2-4-9(12)6-13/h6-7,9H,2-5H2,1H3. The highest BCUT2D eigenvalue weighted by Gasteiger charge is 2.23. The van der Waals surface area contributed by atoms with Crippen LogP contribution in [-0.2, 0) is 4.79 Å². The van der Waals surface area contributed by atoms with E-state index in [2.05, 4.69) is 9.88 Å². The van der Waals surface area contributed by atoms with Crippen LogP contribution in [0, 0.1) is 6.92 Å². The van der Waals surface area contributed by atoms with Crippen molar-refractivity contribution < 1.29 is 4.79 Å². The van der Waals surface area contributed by atoms with Crippen molar-refractivity contribution in [1.29, 1.82) is 0 Å². The number of thiazole rings is 1. The minimum Gasteiger partial charge on any atom is -0.338 e. The molecule has 4 heteroatoms. The number of rotatable bonds is 2. The van der Waals surface area contributed by atoms with Gasteiger partial charge in [0.25, 0.3) is 0 Å². The van der Waals surface area contributed by atoms with Crippen LogP contribution in [0.2, 0.25) is 0 Å². The molecule has 1 aliphatic rings. The summed E-state index contributed by atoms with van der Waals surface area (Å²) in [6, 6.07) is 0.0503. The van der Waals surface area contributed by atoms with Gasteiger partial charge < -0.3 is 9.69 Å². The number of hydrogen-bond acceptors (Lipinski definition) is 4. The molecule has 1 fully saturated rings. The molecule has 2 rings (SSSR count). The minimum atomic E-state index is 0.0503. The smallest absolute Gasteiger partial charge is 0.186 e. The molecular formula is C10H14N2OS. The van der Waals surface area contributed by atoms with Crippen molar-refractivity contribution in [3.8, 4) is 0 Å². The van der Waals surface area contributed by atoms with E-state index in [0.29, 0.717) is 0 Å². The average Bonchev–Trinajstić information content (AvgIpc) is 2.65. The van der Waals surface area contributed by atoms with E-state index >= 15 is 0 Å². The molecule has 0 amide bonds. The molecule has 14 heavy (non-hydrogen) atoms. The molecule has 0 saturated carbocycles. The number of hydrogen-bond donors (Lipinski definition) is 0. The maximum absolute atomic E-state index is 10.9. The largest absolute Gasteiger partial charge is 0.338 e. The number of nitrogens with zero attached hydrogens (tertiary/aromatic N) is 2. The predicted molar refractivity (Wildman–Crippen MR) is 57.9 cm³/mol. The number of aryl methyl sites for hydroxylation is 1. The SMILES string of the molecule is Cc1csc(N2CCCCC2C=O)n1. The van der Waals surface area contributed by atoms with Gasteiger partial charge in [-0.15, -0.1) is 11.3 Å². The molecule has 1 aliphatic heterocycles. The van der Waals surface area contributed by atoms with Crippen molar-refractivity contribution in [3.63, 3.8) is 0 Å². The fourth-order valence-corrected chi connectivity index (χ4v) is 2.70. The number of aldehydes is 1. The Balaban J connectivity index is 2.18. The number of carbonyl (C=O) groups excluding carboxylic acids is 1. The molecule has 1 aromatic heterocycles. The Morgan fingerprint density at radius 3 is 3.14 bits per heavy atom. The van der Waals surface area contributed by atoms with Gasteiger partial charge in [-0.05, 0) is 26.2 Å². The molecule has 1 unspecified atom stereocenters. The van der Waals surface area contributed by atoms with Crippen molar-refractivity contribution in [1.82, 2.24) is 4.98 Å². The maximum atomic E-state index is 10.9. The van der Waals surface area contributed by atoms with Gasteiger partial charge in [-0.1, -0.05) is 0 Å². The van der Waals surface area contributed by atoms with E-state index in [1.807, 2.05) is 12.3 Å². The van der Waals surface area contributed by atoms with Crippen molar-refractivity contribution in [3.05, 3.63) is 11.1 Å². The Labute approximate surface area is 87.8 Å². The quantitative estimate of drug-likeness (QED) is 0.700. The fourth-order valence-electron chi connectivity index (χ4n) is 1.81. The van der Waals surface area contributed by atoms with Crippen LogP contribution >= 0.6 is 11.3 Å². The van der Waals surface area contributed by atoms with E-state index in [4.69, 9.17) is 0 Å². The molecule has 0 N–H and O–H groups in total. The lowest BCUT2D eigenvalue weighted by Crippen LogP contribution is -2.40. The lowest BCUT2D eigenvalue weighted by molar-refractivity contribution is -0.109. The molecule has 0 aliphatic carbocycles. The summed E-state index contributed by atoms with van der Waals surface area (Å²) in [6.45, 7) is 2.95. The van der Waals surface area contributed by atoms with Gasteiger partial charge in [0.05, 0.1) is 11.7 Å². The summed E-state index contributed by atoms with van der Waals surface area (Å²) in [5.74, 6) is 0. The zero-order valence-corrected chi connectivity index (χ0v) is 9.09. The molecule has 2 heterocycles. The monoisotopic (exact) mass is 210 g/mol. The topological polar surface area (TPSA) is 33.2 Å². The van der Waals surface area contributed by atoms with Gasteiger partial charge in [0.15, 0.2) is 5.13 Å². The Kier molecular flexibility index (Phi) is 2.82. The van der Waals surface area contributed by atoms with Crippen LogP contribution in [0.5, 0.6) is 0 Å². The predicted octanol–water partition coefficient (Wildman–Crippen LogP) is 2.01. The van der Waals surface area contributed by atoms with E-state index < -0.39 is 0 Å². The van der Waals surface area contributed by atoms with Crippen LogP contribution in [0.15, 0.2) is 5.38 Å². The van der Waals surface area contributed by atoms with Gasteiger partial charge in [-0.2, -0.15) is 0 Å². The Morgan fingerprint density at radius 1 is 1.64 bits per heavy atom. The van der Waals surface area contributed by atoms with Crippen molar-refractivity contribution in [2.75, 3.05) is 11.4 Å². The van der Waals surface area contributed by atoms with Gasteiger partial charge in [-0.25, -0.2) is 4.98 Å². The summed E-state index contributed by atoms with van der Waals surface area (Å²) < 4.78 is 0. The highest BCUT2D eigenvalue weighted by molar-refractivity contribution is 7.13. The Morgan fingerprint density at radius 2 is 2.50 bits per heavy atom. The maximum Gasteiger partial charge on any atom is 0.186 e. The van der Waals surface area contributed by atoms with Gasteiger partial charge >= 0.3 is 0 Å². The number of piperidine rings is 1. The fraction of sp³-hybridized carbons (Fsp3) is 0.600. The third kappa shape index (κ3) is 1.80. The molecule has 0 aromatic carbocycles. The molecule has 0 radical (unpaired) electrons. The molecule has 76 valence electrons. The van der Waals surface area contributed by atoms with Crippen LogP contribution < -0.4 is 4.90 Å². The minimum absolute atomic E-state index is 0.0503. The summed E-state index contributed by atoms with van der Waals surface area (Å²) >= 11 is 1.63. The zero-order chi connectivity index (χ0) is 9.97. The van der Waals surface area contributed by atoms with E-state index in [1.54, 1.807) is 11.3 Å². The molecule has 1 aromatic rings. The highest BCUT2D eigenvalue weighted by atomic mass is 32.1. The first-order chi connectivity index (χ1) is 6.81. The van der Waals surface area contributed by atoms with Gasteiger partial charge in [0, 0.05) is 11.9 Å². The second-order valence-electron chi connectivity index (χ2n) is 3.66. The van der Waals surface area contributed by atoms with Crippen molar-refractivity contribution in [2.45, 2.75) is 32.2 Å². The van der Waals surface area contributed by atoms with Crippen molar-refractivity contribution >= 4 is 22.8 Å². The molecule has 1 atom stereocenters. The first kappa shape index (κ1) is 9.65. The van der Waals surface area contributed by atoms with Gasteiger partial charge in [0.2, 0.25) is 0 Å². The van der Waals surface area contributed by atoms with Gasteiger partial charge in [-0.3, -0.25) is 0 Å². The number of anilines is 1. The number of carbonyl (C=O) groups is 1. The van der Waals surface area contributed by atoms with Gasteiger partial charge in [0.1, 0.15) is 6.29 Å². The van der Waals surface area contributed by atoms with Crippen LogP contribution in [0.4, 0.5) is 5.13 Å². The van der Waals surface area contributed by atoms with E-state index in [9.17, 15) is 4.79 Å². The normalized spacial score (nSPS) is 22.4.